The summed E-state index contributed by atoms with van der Waals surface area (Å²) in [5.41, 5.74) is 0. The van der Waals surface area contributed by atoms with E-state index in [1.54, 1.807) is 6.08 Å². The molecule has 0 aliphatic carbocycles. The molecule has 0 aromatic rings. The fraction of sp³-hybridized carbons (Fsp3) is 0.800. The first kappa shape index (κ1) is 11.5. The molecule has 2 heterocycles. The third kappa shape index (κ3) is 2.57. The monoisotopic (exact) mass is 241 g/mol. The van der Waals surface area contributed by atoms with Gasteiger partial charge in [0.15, 0.2) is 0 Å². The standard InChI is InChI=1S/C10H15N3O2S/c14-6-11-4-2-1-3-8-9-7(5-16-8)12-10(15)13-9/h7-9H,1-5H2,(H2,12,13,15). The van der Waals surface area contributed by atoms with Gasteiger partial charge in [0, 0.05) is 11.0 Å². The Bertz CT molecular complexity index is 317. The van der Waals surface area contributed by atoms with Gasteiger partial charge in [0.05, 0.1) is 18.6 Å². The molecule has 3 atom stereocenters. The number of carbonyl (C=O) groups excluding carboxylic acids is 2. The lowest BCUT2D eigenvalue weighted by Crippen LogP contribution is -2.36. The van der Waals surface area contributed by atoms with Crippen molar-refractivity contribution in [3.05, 3.63) is 0 Å². The number of unbranched alkanes of at least 4 members (excludes halogenated alkanes) is 1. The lowest BCUT2D eigenvalue weighted by molar-refractivity contribution is 0.247. The van der Waals surface area contributed by atoms with E-state index in [-0.39, 0.29) is 12.1 Å². The lowest BCUT2D eigenvalue weighted by Gasteiger charge is -2.15. The zero-order chi connectivity index (χ0) is 11.4. The van der Waals surface area contributed by atoms with Gasteiger partial charge < -0.3 is 10.6 Å². The normalized spacial score (nSPS) is 31.5. The minimum absolute atomic E-state index is 0.0362. The average Bonchev–Trinajstić information content (AvgIpc) is 2.78. The smallest absolute Gasteiger partial charge is 0.315 e. The molecule has 2 fully saturated rings. The van der Waals surface area contributed by atoms with E-state index in [2.05, 4.69) is 15.6 Å². The van der Waals surface area contributed by atoms with E-state index < -0.39 is 0 Å². The SMILES string of the molecule is O=C=NCCCCC1SCC2NC(=O)NC21. The van der Waals surface area contributed by atoms with Gasteiger partial charge in [-0.15, -0.1) is 0 Å². The Morgan fingerprint density at radius 1 is 1.44 bits per heavy atom. The maximum absolute atomic E-state index is 11.1. The highest BCUT2D eigenvalue weighted by molar-refractivity contribution is 8.00. The largest absolute Gasteiger partial charge is 0.332 e. The maximum Gasteiger partial charge on any atom is 0.315 e. The van der Waals surface area contributed by atoms with E-state index in [0.717, 1.165) is 25.0 Å². The molecule has 2 aliphatic heterocycles. The van der Waals surface area contributed by atoms with E-state index >= 15 is 0 Å². The minimum atomic E-state index is -0.0362. The molecule has 88 valence electrons. The molecule has 0 radical (unpaired) electrons. The first-order valence-electron chi connectivity index (χ1n) is 5.53. The average molecular weight is 241 g/mol. The van der Waals surface area contributed by atoms with Crippen LogP contribution >= 0.6 is 11.8 Å². The number of hydrogen-bond donors (Lipinski definition) is 2. The summed E-state index contributed by atoms with van der Waals surface area (Å²) in [4.78, 5) is 24.5. The zero-order valence-corrected chi connectivity index (χ0v) is 9.76. The van der Waals surface area contributed by atoms with Crippen LogP contribution in [0, 0.1) is 0 Å². The Hall–Kier alpha value is -1.00. The van der Waals surface area contributed by atoms with Crippen LogP contribution in [-0.2, 0) is 4.79 Å². The Morgan fingerprint density at radius 3 is 3.12 bits per heavy atom. The molecule has 0 saturated carbocycles. The van der Waals surface area contributed by atoms with Crippen molar-refractivity contribution in [1.29, 1.82) is 0 Å². The second-order valence-electron chi connectivity index (χ2n) is 4.09. The van der Waals surface area contributed by atoms with E-state index in [4.69, 9.17) is 0 Å². The van der Waals surface area contributed by atoms with Gasteiger partial charge in [-0.05, 0) is 12.8 Å². The molecule has 0 bridgehead atoms. The third-order valence-electron chi connectivity index (χ3n) is 3.01. The summed E-state index contributed by atoms with van der Waals surface area (Å²) in [5.74, 6) is 1.00. The fourth-order valence-electron chi connectivity index (χ4n) is 2.23. The van der Waals surface area contributed by atoms with E-state index in [1.165, 1.54) is 0 Å². The van der Waals surface area contributed by atoms with Crippen LogP contribution in [0.4, 0.5) is 4.79 Å². The molecule has 16 heavy (non-hydrogen) atoms. The lowest BCUT2D eigenvalue weighted by atomic mass is 10.0. The fourth-order valence-corrected chi connectivity index (χ4v) is 3.77. The van der Waals surface area contributed by atoms with Gasteiger partial charge in [0.25, 0.3) is 0 Å². The molecular formula is C10H15N3O2S. The van der Waals surface area contributed by atoms with Crippen molar-refractivity contribution in [2.24, 2.45) is 4.99 Å². The Kier molecular flexibility index (Phi) is 3.85. The number of thioether (sulfide) groups is 1. The van der Waals surface area contributed by atoms with Crippen molar-refractivity contribution in [2.45, 2.75) is 36.6 Å². The molecule has 2 N–H and O–H groups in total. The van der Waals surface area contributed by atoms with Crippen LogP contribution in [0.2, 0.25) is 0 Å². The van der Waals surface area contributed by atoms with Crippen LogP contribution < -0.4 is 10.6 Å². The topological polar surface area (TPSA) is 70.6 Å². The van der Waals surface area contributed by atoms with E-state index in [0.29, 0.717) is 17.8 Å². The number of nitrogens with zero attached hydrogens (tertiary/aromatic N) is 1. The molecule has 2 amide bonds. The Balaban J connectivity index is 1.70. The highest BCUT2D eigenvalue weighted by Crippen LogP contribution is 2.32. The van der Waals surface area contributed by atoms with Gasteiger partial charge >= 0.3 is 6.03 Å². The maximum atomic E-state index is 11.1. The molecule has 0 spiro atoms. The highest BCUT2D eigenvalue weighted by Gasteiger charge is 2.42. The van der Waals surface area contributed by atoms with Gasteiger partial charge in [-0.1, -0.05) is 6.42 Å². The first-order chi connectivity index (χ1) is 7.81. The van der Waals surface area contributed by atoms with Gasteiger partial charge in [-0.2, -0.15) is 11.8 Å². The van der Waals surface area contributed by atoms with Crippen molar-refractivity contribution in [2.75, 3.05) is 12.3 Å². The third-order valence-corrected chi connectivity index (χ3v) is 4.52. The number of rotatable bonds is 5. The Morgan fingerprint density at radius 2 is 2.31 bits per heavy atom. The van der Waals surface area contributed by atoms with Crippen LogP contribution in [0.25, 0.3) is 0 Å². The number of urea groups is 1. The van der Waals surface area contributed by atoms with Crippen molar-refractivity contribution >= 4 is 23.9 Å². The van der Waals surface area contributed by atoms with E-state index in [9.17, 15) is 9.59 Å². The molecule has 2 saturated heterocycles. The molecule has 0 aromatic heterocycles. The summed E-state index contributed by atoms with van der Waals surface area (Å²) in [6.07, 6.45) is 4.58. The number of hydrogen-bond acceptors (Lipinski definition) is 4. The van der Waals surface area contributed by atoms with Crippen LogP contribution in [0.1, 0.15) is 19.3 Å². The second-order valence-corrected chi connectivity index (χ2v) is 5.36. The summed E-state index contributed by atoms with van der Waals surface area (Å²) in [6.45, 7) is 0.569. The zero-order valence-electron chi connectivity index (χ0n) is 8.94. The van der Waals surface area contributed by atoms with Gasteiger partial charge in [-0.25, -0.2) is 14.6 Å². The Labute approximate surface area is 98.5 Å². The predicted octanol–water partition coefficient (Wildman–Crippen LogP) is 0.658. The second kappa shape index (κ2) is 5.37. The minimum Gasteiger partial charge on any atom is -0.332 e. The molecule has 6 heteroatoms. The molecular weight excluding hydrogens is 226 g/mol. The van der Waals surface area contributed by atoms with Crippen LogP contribution in [-0.4, -0.2) is 41.7 Å². The van der Waals surface area contributed by atoms with E-state index in [1.807, 2.05) is 11.8 Å². The summed E-state index contributed by atoms with van der Waals surface area (Å²) >= 11 is 1.92. The van der Waals surface area contributed by atoms with Crippen LogP contribution in [0.3, 0.4) is 0 Å². The molecule has 2 rings (SSSR count). The summed E-state index contributed by atoms with van der Waals surface area (Å²) in [6, 6.07) is 0.549. The van der Waals surface area contributed by atoms with Gasteiger partial charge in [0.1, 0.15) is 0 Å². The van der Waals surface area contributed by atoms with Crippen molar-refractivity contribution in [3.8, 4) is 0 Å². The van der Waals surface area contributed by atoms with Gasteiger partial charge in [0.2, 0.25) is 6.08 Å². The molecule has 0 aromatic carbocycles. The summed E-state index contributed by atoms with van der Waals surface area (Å²) < 4.78 is 0. The molecule has 3 unspecified atom stereocenters. The van der Waals surface area contributed by atoms with Crippen molar-refractivity contribution in [3.63, 3.8) is 0 Å². The number of carbonyl (C=O) groups is 1. The number of amides is 2. The highest BCUT2D eigenvalue weighted by atomic mass is 32.2. The van der Waals surface area contributed by atoms with Crippen molar-refractivity contribution < 1.29 is 9.59 Å². The first-order valence-corrected chi connectivity index (χ1v) is 6.58. The predicted molar refractivity (Wildman–Crippen MR) is 62.3 cm³/mol. The summed E-state index contributed by atoms with van der Waals surface area (Å²) in [7, 11) is 0. The van der Waals surface area contributed by atoms with Gasteiger partial charge in [-0.3, -0.25) is 0 Å². The van der Waals surface area contributed by atoms with Crippen molar-refractivity contribution in [1.82, 2.24) is 10.6 Å². The number of isocyanates is 1. The van der Waals surface area contributed by atoms with Crippen LogP contribution in [0.5, 0.6) is 0 Å². The quantitative estimate of drug-likeness (QED) is 0.321. The molecule has 2 aliphatic rings. The number of aliphatic imine (C=N–C) groups is 1. The summed E-state index contributed by atoms with van der Waals surface area (Å²) in [5, 5.41) is 6.38. The number of fused-ring (bicyclic) bond motifs is 1. The number of nitrogens with one attached hydrogen (secondary N) is 2. The molecule has 5 nitrogen and oxygen atoms in total. The van der Waals surface area contributed by atoms with Crippen LogP contribution in [0.15, 0.2) is 4.99 Å².